The molecule has 0 spiro atoms. The summed E-state index contributed by atoms with van der Waals surface area (Å²) in [5.74, 6) is -1.73. The van der Waals surface area contributed by atoms with Gasteiger partial charge in [0.25, 0.3) is 0 Å². The van der Waals surface area contributed by atoms with Gasteiger partial charge in [0.2, 0.25) is 0 Å². The van der Waals surface area contributed by atoms with Crippen LogP contribution in [-0.4, -0.2) is 25.3 Å². The van der Waals surface area contributed by atoms with Crippen LogP contribution in [0.5, 0.6) is 0 Å². The van der Waals surface area contributed by atoms with Crippen LogP contribution < -0.4 is 0 Å². The zero-order valence-corrected chi connectivity index (χ0v) is 11.9. The SMILES string of the molecule is CCOC(=O)[C@@H](C#N)C=NCCc1ccc(C(F)(F)F)cc1. The number of hydrogen-bond acceptors (Lipinski definition) is 4. The summed E-state index contributed by atoms with van der Waals surface area (Å²) in [7, 11) is 0. The number of hydrogen-bond donors (Lipinski definition) is 0. The molecule has 0 aromatic heterocycles. The maximum absolute atomic E-state index is 12.4. The number of ether oxygens (including phenoxy) is 1. The molecule has 1 atom stereocenters. The van der Waals surface area contributed by atoms with Crippen LogP contribution in [-0.2, 0) is 22.1 Å². The summed E-state index contributed by atoms with van der Waals surface area (Å²) < 4.78 is 41.9. The van der Waals surface area contributed by atoms with Crippen molar-refractivity contribution in [2.75, 3.05) is 13.2 Å². The highest BCUT2D eigenvalue weighted by atomic mass is 19.4. The summed E-state index contributed by atoms with van der Waals surface area (Å²) in [5.41, 5.74) is -0.0126. The van der Waals surface area contributed by atoms with Gasteiger partial charge in [-0.2, -0.15) is 18.4 Å². The molecule has 0 saturated carbocycles. The molecular formula is C15H15F3N2O2. The van der Waals surface area contributed by atoms with E-state index in [1.807, 2.05) is 0 Å². The molecule has 0 aliphatic carbocycles. The predicted octanol–water partition coefficient (Wildman–Crippen LogP) is 3.02. The molecule has 0 N–H and O–H groups in total. The second kappa shape index (κ2) is 8.17. The zero-order valence-electron chi connectivity index (χ0n) is 11.9. The van der Waals surface area contributed by atoms with Crippen molar-refractivity contribution in [2.24, 2.45) is 10.9 Å². The van der Waals surface area contributed by atoms with E-state index in [2.05, 4.69) is 4.99 Å². The molecule has 0 aliphatic rings. The van der Waals surface area contributed by atoms with E-state index in [1.54, 1.807) is 13.0 Å². The van der Waals surface area contributed by atoms with E-state index in [9.17, 15) is 18.0 Å². The quantitative estimate of drug-likeness (QED) is 0.599. The van der Waals surface area contributed by atoms with Gasteiger partial charge in [0.05, 0.1) is 18.2 Å². The molecule has 0 amide bonds. The molecule has 0 bridgehead atoms. The maximum atomic E-state index is 12.4. The average Bonchev–Trinajstić information content (AvgIpc) is 2.47. The summed E-state index contributed by atoms with van der Waals surface area (Å²) in [6.45, 7) is 2.08. The minimum Gasteiger partial charge on any atom is -0.465 e. The molecular weight excluding hydrogens is 297 g/mol. The number of nitriles is 1. The fourth-order valence-corrected chi connectivity index (χ4v) is 1.61. The van der Waals surface area contributed by atoms with Crippen molar-refractivity contribution in [3.63, 3.8) is 0 Å². The Bertz CT molecular complexity index is 560. The van der Waals surface area contributed by atoms with Crippen molar-refractivity contribution in [2.45, 2.75) is 19.5 Å². The third kappa shape index (κ3) is 5.56. The highest BCUT2D eigenvalue weighted by molar-refractivity contribution is 5.92. The third-order valence-corrected chi connectivity index (χ3v) is 2.74. The first-order chi connectivity index (χ1) is 10.4. The summed E-state index contributed by atoms with van der Waals surface area (Å²) in [6.07, 6.45) is -2.74. The van der Waals surface area contributed by atoms with E-state index in [0.29, 0.717) is 12.0 Å². The molecule has 0 aliphatic heterocycles. The van der Waals surface area contributed by atoms with Crippen LogP contribution in [0.25, 0.3) is 0 Å². The van der Waals surface area contributed by atoms with Gasteiger partial charge >= 0.3 is 12.1 Å². The standard InChI is InChI=1S/C15H15F3N2O2/c1-2-22-14(21)12(9-19)10-20-8-7-11-3-5-13(6-4-11)15(16,17)18/h3-6,10,12H,2,7-8H2,1H3/t12-/m0/s1. The van der Waals surface area contributed by atoms with Crippen molar-refractivity contribution >= 4 is 12.2 Å². The maximum Gasteiger partial charge on any atom is 0.416 e. The van der Waals surface area contributed by atoms with E-state index >= 15 is 0 Å². The second-order valence-corrected chi connectivity index (χ2v) is 4.36. The lowest BCUT2D eigenvalue weighted by molar-refractivity contribution is -0.143. The second-order valence-electron chi connectivity index (χ2n) is 4.36. The lowest BCUT2D eigenvalue weighted by atomic mass is 10.1. The van der Waals surface area contributed by atoms with Gasteiger partial charge in [-0.1, -0.05) is 12.1 Å². The van der Waals surface area contributed by atoms with Crippen LogP contribution in [0.3, 0.4) is 0 Å². The average molecular weight is 312 g/mol. The number of nitrogens with zero attached hydrogens (tertiary/aromatic N) is 2. The summed E-state index contributed by atoms with van der Waals surface area (Å²) in [6, 6.07) is 6.54. The number of halogens is 3. The van der Waals surface area contributed by atoms with Crippen molar-refractivity contribution in [3.8, 4) is 6.07 Å². The first-order valence-electron chi connectivity index (χ1n) is 6.60. The first-order valence-corrected chi connectivity index (χ1v) is 6.60. The molecule has 0 heterocycles. The predicted molar refractivity (Wildman–Crippen MR) is 74.2 cm³/mol. The normalized spacial score (nSPS) is 12.9. The van der Waals surface area contributed by atoms with Gasteiger partial charge in [0.1, 0.15) is 0 Å². The van der Waals surface area contributed by atoms with E-state index in [4.69, 9.17) is 10.00 Å². The summed E-state index contributed by atoms with van der Waals surface area (Å²) >= 11 is 0. The Morgan fingerprint density at radius 1 is 1.41 bits per heavy atom. The van der Waals surface area contributed by atoms with Gasteiger partial charge in [-0.3, -0.25) is 9.79 Å². The molecule has 118 valence electrons. The monoisotopic (exact) mass is 312 g/mol. The Balaban J connectivity index is 2.51. The minimum atomic E-state index is -4.35. The number of esters is 1. The van der Waals surface area contributed by atoms with Crippen LogP contribution in [0.4, 0.5) is 13.2 Å². The van der Waals surface area contributed by atoms with Crippen molar-refractivity contribution < 1.29 is 22.7 Å². The summed E-state index contributed by atoms with van der Waals surface area (Å²) in [4.78, 5) is 15.3. The van der Waals surface area contributed by atoms with E-state index in [0.717, 1.165) is 12.1 Å². The number of benzene rings is 1. The fourth-order valence-electron chi connectivity index (χ4n) is 1.61. The van der Waals surface area contributed by atoms with Crippen LogP contribution in [0, 0.1) is 17.2 Å². The number of aliphatic imine (C=N–C) groups is 1. The Morgan fingerprint density at radius 2 is 2.05 bits per heavy atom. The number of alkyl halides is 3. The van der Waals surface area contributed by atoms with E-state index < -0.39 is 23.6 Å². The molecule has 0 fully saturated rings. The fraction of sp³-hybridized carbons (Fsp3) is 0.400. The lowest BCUT2D eigenvalue weighted by Crippen LogP contribution is -2.17. The smallest absolute Gasteiger partial charge is 0.416 e. The molecule has 0 unspecified atom stereocenters. The van der Waals surface area contributed by atoms with Crippen molar-refractivity contribution in [1.82, 2.24) is 0 Å². The zero-order chi connectivity index (χ0) is 16.6. The van der Waals surface area contributed by atoms with Gasteiger partial charge in [-0.25, -0.2) is 0 Å². The molecule has 0 radical (unpaired) electrons. The molecule has 7 heteroatoms. The van der Waals surface area contributed by atoms with Crippen LogP contribution in [0.1, 0.15) is 18.1 Å². The van der Waals surface area contributed by atoms with Gasteiger partial charge < -0.3 is 4.74 Å². The Labute approximate surface area is 126 Å². The Morgan fingerprint density at radius 3 is 2.55 bits per heavy atom. The van der Waals surface area contributed by atoms with Crippen LogP contribution in [0.2, 0.25) is 0 Å². The molecule has 22 heavy (non-hydrogen) atoms. The lowest BCUT2D eigenvalue weighted by Gasteiger charge is -2.07. The van der Waals surface area contributed by atoms with Crippen LogP contribution >= 0.6 is 0 Å². The largest absolute Gasteiger partial charge is 0.465 e. The number of carbonyl (C=O) groups is 1. The minimum absolute atomic E-state index is 0.177. The Kier molecular flexibility index (Phi) is 6.57. The van der Waals surface area contributed by atoms with Gasteiger partial charge in [-0.05, 0) is 31.0 Å². The van der Waals surface area contributed by atoms with Crippen LogP contribution in [0.15, 0.2) is 29.3 Å². The van der Waals surface area contributed by atoms with Crippen molar-refractivity contribution in [3.05, 3.63) is 35.4 Å². The first kappa shape index (κ1) is 17.7. The molecule has 4 nitrogen and oxygen atoms in total. The number of carbonyl (C=O) groups excluding carboxylic acids is 1. The topological polar surface area (TPSA) is 62.5 Å². The highest BCUT2D eigenvalue weighted by Crippen LogP contribution is 2.29. The van der Waals surface area contributed by atoms with Gasteiger partial charge in [0.15, 0.2) is 5.92 Å². The van der Waals surface area contributed by atoms with Gasteiger partial charge in [-0.15, -0.1) is 0 Å². The van der Waals surface area contributed by atoms with E-state index in [-0.39, 0.29) is 13.2 Å². The third-order valence-electron chi connectivity index (χ3n) is 2.74. The molecule has 0 saturated heterocycles. The molecule has 1 aromatic carbocycles. The van der Waals surface area contributed by atoms with Crippen molar-refractivity contribution in [1.29, 1.82) is 5.26 Å². The van der Waals surface area contributed by atoms with E-state index in [1.165, 1.54) is 18.3 Å². The number of rotatable bonds is 6. The summed E-state index contributed by atoms with van der Waals surface area (Å²) in [5, 5.41) is 8.80. The molecule has 1 aromatic rings. The molecule has 1 rings (SSSR count). The highest BCUT2D eigenvalue weighted by Gasteiger charge is 2.29. The Hall–Kier alpha value is -2.36. The van der Waals surface area contributed by atoms with Gasteiger partial charge in [0, 0.05) is 12.8 Å².